The molecular weight excluding hydrogens is 507 g/mol. The minimum Gasteiger partial charge on any atom is -0.369 e. The van der Waals surface area contributed by atoms with E-state index in [0.717, 1.165) is 48.2 Å². The predicted molar refractivity (Wildman–Crippen MR) is 142 cm³/mol. The fourth-order valence-electron chi connectivity index (χ4n) is 5.95. The second-order valence-corrected chi connectivity index (χ2v) is 10.5. The lowest BCUT2D eigenvalue weighted by atomic mass is 10.0. The lowest BCUT2D eigenvalue weighted by Crippen LogP contribution is -2.49. The zero-order valence-corrected chi connectivity index (χ0v) is 21.7. The zero-order chi connectivity index (χ0) is 27.1. The van der Waals surface area contributed by atoms with E-state index in [4.69, 9.17) is 0 Å². The maximum absolute atomic E-state index is 13.5. The van der Waals surface area contributed by atoms with Crippen molar-refractivity contribution in [2.75, 3.05) is 31.1 Å². The first-order valence-electron chi connectivity index (χ1n) is 13.4. The molecule has 39 heavy (non-hydrogen) atoms. The van der Waals surface area contributed by atoms with Gasteiger partial charge in [0.1, 0.15) is 6.04 Å². The quantitative estimate of drug-likeness (QED) is 0.391. The number of aromatic amines is 1. The van der Waals surface area contributed by atoms with Gasteiger partial charge < -0.3 is 9.88 Å². The maximum atomic E-state index is 13.5. The van der Waals surface area contributed by atoms with Crippen LogP contribution in [-0.4, -0.2) is 56.3 Å². The molecule has 1 N–H and O–H groups in total. The van der Waals surface area contributed by atoms with Crippen LogP contribution in [-0.2, 0) is 6.18 Å². The average Bonchev–Trinajstić information content (AvgIpc) is 3.62. The van der Waals surface area contributed by atoms with Gasteiger partial charge in [-0.15, -0.1) is 5.10 Å². The Labute approximate surface area is 223 Å². The molecule has 8 nitrogen and oxygen atoms in total. The van der Waals surface area contributed by atoms with Crippen molar-refractivity contribution in [2.45, 2.75) is 50.9 Å². The van der Waals surface area contributed by atoms with Gasteiger partial charge in [-0.3, -0.25) is 9.69 Å². The smallest absolute Gasteiger partial charge is 0.369 e. The van der Waals surface area contributed by atoms with Crippen molar-refractivity contribution in [3.05, 3.63) is 81.4 Å². The molecule has 11 heteroatoms. The number of piperazine rings is 1. The van der Waals surface area contributed by atoms with Gasteiger partial charge in [-0.25, -0.2) is 4.68 Å². The molecule has 2 aliphatic rings. The third-order valence-corrected chi connectivity index (χ3v) is 7.97. The van der Waals surface area contributed by atoms with Crippen LogP contribution in [0, 0.1) is 6.92 Å². The van der Waals surface area contributed by atoms with Gasteiger partial charge >= 0.3 is 6.18 Å². The van der Waals surface area contributed by atoms with Crippen molar-refractivity contribution < 1.29 is 13.2 Å². The van der Waals surface area contributed by atoms with Crippen molar-refractivity contribution in [2.24, 2.45) is 0 Å². The van der Waals surface area contributed by atoms with E-state index in [0.29, 0.717) is 43.3 Å². The molecule has 0 radical (unpaired) electrons. The number of hydrogen-bond acceptors (Lipinski definition) is 6. The number of rotatable bonds is 5. The lowest BCUT2D eigenvalue weighted by Gasteiger charge is -2.40. The molecule has 1 aliphatic carbocycles. The van der Waals surface area contributed by atoms with Crippen LogP contribution in [0.2, 0.25) is 0 Å². The molecule has 1 atom stereocenters. The molecule has 0 spiro atoms. The van der Waals surface area contributed by atoms with Crippen LogP contribution >= 0.6 is 0 Å². The fraction of sp³-hybridized carbons (Fsp3) is 0.429. The molecule has 3 heterocycles. The van der Waals surface area contributed by atoms with E-state index in [-0.39, 0.29) is 11.6 Å². The topological polar surface area (TPSA) is 82.9 Å². The highest BCUT2D eigenvalue weighted by atomic mass is 19.4. The molecular formula is C28H30F3N7O. The first kappa shape index (κ1) is 25.5. The highest BCUT2D eigenvalue weighted by molar-refractivity contribution is 5.79. The van der Waals surface area contributed by atoms with E-state index in [1.165, 1.54) is 12.1 Å². The SMILES string of the molecule is Cc1ccc2[nH]c(=O)c([C@@H](c3nnnn3C3CCCC3)N3CCN(c4cccc(C(F)(F)F)c4)CC3)cc2c1. The maximum Gasteiger partial charge on any atom is 0.416 e. The van der Waals surface area contributed by atoms with Crippen molar-refractivity contribution in [3.8, 4) is 0 Å². The standard InChI is InChI=1S/C28H30F3N7O/c1-18-9-10-24-19(15-18)16-23(27(39)32-24)25(26-33-34-35-38(26)21-6-2-3-7-21)37-13-11-36(12-14-37)22-8-4-5-20(17-22)28(29,30)31/h4-5,8-10,15-17,21,25H,2-3,6-7,11-14H2,1H3,(H,32,39)/t25-/m0/s1. The number of H-pyrrole nitrogens is 1. The van der Waals surface area contributed by atoms with Crippen LogP contribution in [0.1, 0.15) is 60.3 Å². The number of fused-ring (bicyclic) bond motifs is 1. The molecule has 4 aromatic rings. The second-order valence-electron chi connectivity index (χ2n) is 10.5. The molecule has 204 valence electrons. The molecule has 1 saturated heterocycles. The predicted octanol–water partition coefficient (Wildman–Crippen LogP) is 4.87. The van der Waals surface area contributed by atoms with E-state index >= 15 is 0 Å². The Balaban J connectivity index is 1.36. The largest absolute Gasteiger partial charge is 0.416 e. The Kier molecular flexibility index (Phi) is 6.62. The number of halogens is 3. The molecule has 2 aromatic carbocycles. The summed E-state index contributed by atoms with van der Waals surface area (Å²) in [5, 5.41) is 13.7. The number of tetrazole rings is 1. The fourth-order valence-corrected chi connectivity index (χ4v) is 5.95. The Morgan fingerprint density at radius 1 is 1.00 bits per heavy atom. The summed E-state index contributed by atoms with van der Waals surface area (Å²) in [5.41, 5.74) is 2.09. The van der Waals surface area contributed by atoms with Crippen LogP contribution in [0.15, 0.2) is 53.3 Å². The van der Waals surface area contributed by atoms with Crippen molar-refractivity contribution >= 4 is 16.6 Å². The number of nitrogens with zero attached hydrogens (tertiary/aromatic N) is 6. The second kappa shape index (κ2) is 10.1. The normalized spacial score (nSPS) is 18.2. The van der Waals surface area contributed by atoms with E-state index in [1.807, 2.05) is 40.8 Å². The van der Waals surface area contributed by atoms with Crippen LogP contribution in [0.3, 0.4) is 0 Å². The Hall–Kier alpha value is -3.73. The molecule has 0 bridgehead atoms. The Bertz CT molecular complexity index is 1530. The number of pyridine rings is 1. The Morgan fingerprint density at radius 3 is 2.51 bits per heavy atom. The van der Waals surface area contributed by atoms with Crippen LogP contribution in [0.4, 0.5) is 18.9 Å². The van der Waals surface area contributed by atoms with E-state index in [1.54, 1.807) is 6.07 Å². The van der Waals surface area contributed by atoms with Crippen LogP contribution in [0.5, 0.6) is 0 Å². The summed E-state index contributed by atoms with van der Waals surface area (Å²) in [6.45, 7) is 4.09. The summed E-state index contributed by atoms with van der Waals surface area (Å²) in [6, 6.07) is 13.0. The van der Waals surface area contributed by atoms with Gasteiger partial charge in [0.2, 0.25) is 0 Å². The molecule has 0 unspecified atom stereocenters. The summed E-state index contributed by atoms with van der Waals surface area (Å²) in [5.74, 6) is 0.631. The van der Waals surface area contributed by atoms with Gasteiger partial charge in [0.05, 0.1) is 11.6 Å². The molecule has 2 aromatic heterocycles. The van der Waals surface area contributed by atoms with Gasteiger partial charge in [-0.05, 0) is 72.0 Å². The van der Waals surface area contributed by atoms with Gasteiger partial charge in [-0.2, -0.15) is 13.2 Å². The zero-order valence-electron chi connectivity index (χ0n) is 21.7. The molecule has 6 rings (SSSR count). The molecule has 2 fully saturated rings. The highest BCUT2D eigenvalue weighted by Gasteiger charge is 2.35. The number of anilines is 1. The number of aromatic nitrogens is 5. The number of aryl methyl sites for hydroxylation is 1. The first-order valence-corrected chi connectivity index (χ1v) is 13.4. The summed E-state index contributed by atoms with van der Waals surface area (Å²) in [7, 11) is 0. The number of benzene rings is 2. The van der Waals surface area contributed by atoms with E-state index in [2.05, 4.69) is 25.4 Å². The highest BCUT2D eigenvalue weighted by Crippen LogP contribution is 2.35. The molecule has 0 amide bonds. The summed E-state index contributed by atoms with van der Waals surface area (Å²) in [4.78, 5) is 20.6. The van der Waals surface area contributed by atoms with Crippen molar-refractivity contribution in [1.82, 2.24) is 30.1 Å². The third-order valence-electron chi connectivity index (χ3n) is 7.97. The van der Waals surface area contributed by atoms with Crippen molar-refractivity contribution in [1.29, 1.82) is 0 Å². The van der Waals surface area contributed by atoms with Gasteiger partial charge in [0.15, 0.2) is 5.82 Å². The van der Waals surface area contributed by atoms with Crippen LogP contribution in [0.25, 0.3) is 10.9 Å². The molecule has 1 saturated carbocycles. The van der Waals surface area contributed by atoms with Gasteiger partial charge in [0, 0.05) is 42.9 Å². The summed E-state index contributed by atoms with van der Waals surface area (Å²) in [6.07, 6.45) is -0.196. The average molecular weight is 538 g/mol. The van der Waals surface area contributed by atoms with E-state index in [9.17, 15) is 18.0 Å². The first-order chi connectivity index (χ1) is 18.8. The number of hydrogen-bond donors (Lipinski definition) is 1. The minimum absolute atomic E-state index is 0.186. The number of nitrogens with one attached hydrogen (secondary N) is 1. The Morgan fingerprint density at radius 2 is 1.77 bits per heavy atom. The summed E-state index contributed by atoms with van der Waals surface area (Å²) >= 11 is 0. The lowest BCUT2D eigenvalue weighted by molar-refractivity contribution is -0.137. The van der Waals surface area contributed by atoms with Gasteiger partial charge in [0.25, 0.3) is 5.56 Å². The molecule has 1 aliphatic heterocycles. The summed E-state index contributed by atoms with van der Waals surface area (Å²) < 4.78 is 41.8. The monoisotopic (exact) mass is 537 g/mol. The van der Waals surface area contributed by atoms with Gasteiger partial charge in [-0.1, -0.05) is 30.5 Å². The van der Waals surface area contributed by atoms with Crippen LogP contribution < -0.4 is 10.5 Å². The van der Waals surface area contributed by atoms with E-state index < -0.39 is 17.8 Å². The van der Waals surface area contributed by atoms with Crippen molar-refractivity contribution in [3.63, 3.8) is 0 Å². The minimum atomic E-state index is -4.39. The number of alkyl halides is 3. The third kappa shape index (κ3) is 5.03.